The fourth-order valence-electron chi connectivity index (χ4n) is 1.83. The van der Waals surface area contributed by atoms with Crippen LogP contribution in [0, 0.1) is 0 Å². The first-order valence-electron chi connectivity index (χ1n) is 4.72. The molecule has 1 aromatic rings. The summed E-state index contributed by atoms with van der Waals surface area (Å²) >= 11 is 1.06. The molecule has 0 radical (unpaired) electrons. The summed E-state index contributed by atoms with van der Waals surface area (Å²) in [7, 11) is -2.99. The van der Waals surface area contributed by atoms with Gasteiger partial charge in [0, 0.05) is 5.41 Å². The maximum Gasteiger partial charge on any atom is 0.347 e. The van der Waals surface area contributed by atoms with Crippen molar-refractivity contribution in [3.05, 3.63) is 16.1 Å². The average molecular weight is 261 g/mol. The second-order valence-electron chi connectivity index (χ2n) is 4.24. The van der Waals surface area contributed by atoms with Crippen LogP contribution in [0.15, 0.2) is 6.20 Å². The molecule has 0 saturated carbocycles. The number of aromatic carboxylic acids is 1. The molecule has 1 atom stereocenters. The van der Waals surface area contributed by atoms with E-state index in [1.165, 1.54) is 6.20 Å². The standard InChI is InChI=1S/C9H11NO4S2/c1-9(2-3-16(13,14)5-9)8-10-4-6(15-8)7(11)12/h4H,2-3,5H2,1H3,(H,11,12). The van der Waals surface area contributed by atoms with E-state index in [-0.39, 0.29) is 16.4 Å². The molecule has 2 heterocycles. The zero-order chi connectivity index (χ0) is 12.0. The van der Waals surface area contributed by atoms with E-state index in [2.05, 4.69) is 4.98 Å². The van der Waals surface area contributed by atoms with Crippen molar-refractivity contribution in [2.24, 2.45) is 0 Å². The molecule has 0 amide bonds. The minimum absolute atomic E-state index is 0.0621. The van der Waals surface area contributed by atoms with Gasteiger partial charge in [0.05, 0.1) is 17.7 Å². The van der Waals surface area contributed by atoms with Crippen LogP contribution in [-0.4, -0.2) is 36.0 Å². The Morgan fingerprint density at radius 1 is 1.62 bits per heavy atom. The van der Waals surface area contributed by atoms with Crippen LogP contribution in [0.5, 0.6) is 0 Å². The van der Waals surface area contributed by atoms with E-state index >= 15 is 0 Å². The topological polar surface area (TPSA) is 84.3 Å². The monoisotopic (exact) mass is 261 g/mol. The fourth-order valence-corrected chi connectivity index (χ4v) is 5.01. The van der Waals surface area contributed by atoms with E-state index < -0.39 is 21.2 Å². The third-order valence-electron chi connectivity index (χ3n) is 2.74. The van der Waals surface area contributed by atoms with Crippen molar-refractivity contribution < 1.29 is 18.3 Å². The number of carboxylic acid groups (broad SMARTS) is 1. The van der Waals surface area contributed by atoms with Crippen LogP contribution in [-0.2, 0) is 15.3 Å². The normalized spacial score (nSPS) is 28.1. The quantitative estimate of drug-likeness (QED) is 0.855. The minimum atomic E-state index is -2.99. The molecule has 1 aliphatic heterocycles. The highest BCUT2D eigenvalue weighted by molar-refractivity contribution is 7.91. The van der Waals surface area contributed by atoms with Gasteiger partial charge in [-0.3, -0.25) is 0 Å². The summed E-state index contributed by atoms with van der Waals surface area (Å²) in [6, 6.07) is 0. The van der Waals surface area contributed by atoms with Gasteiger partial charge in [0.1, 0.15) is 9.88 Å². The number of carbonyl (C=O) groups is 1. The lowest BCUT2D eigenvalue weighted by Gasteiger charge is -2.17. The van der Waals surface area contributed by atoms with E-state index in [0.29, 0.717) is 11.4 Å². The Labute approximate surface area is 97.1 Å². The van der Waals surface area contributed by atoms with Gasteiger partial charge in [0.25, 0.3) is 0 Å². The molecule has 1 aliphatic rings. The van der Waals surface area contributed by atoms with Gasteiger partial charge in [0.2, 0.25) is 0 Å². The number of rotatable bonds is 2. The summed E-state index contributed by atoms with van der Waals surface area (Å²) in [4.78, 5) is 14.9. The predicted octanol–water partition coefficient (Wildman–Crippen LogP) is 0.917. The summed E-state index contributed by atoms with van der Waals surface area (Å²) < 4.78 is 22.8. The van der Waals surface area contributed by atoms with Gasteiger partial charge in [-0.05, 0) is 6.42 Å². The number of hydrogen-bond acceptors (Lipinski definition) is 5. The fraction of sp³-hybridized carbons (Fsp3) is 0.556. The molecule has 1 saturated heterocycles. The molecular formula is C9H11NO4S2. The van der Waals surface area contributed by atoms with Crippen LogP contribution in [0.25, 0.3) is 0 Å². The van der Waals surface area contributed by atoms with Gasteiger partial charge in [0.15, 0.2) is 9.84 Å². The third kappa shape index (κ3) is 1.97. The average Bonchev–Trinajstić information content (AvgIpc) is 2.71. The Kier molecular flexibility index (Phi) is 2.54. The lowest BCUT2D eigenvalue weighted by molar-refractivity contribution is 0.0702. The summed E-state index contributed by atoms with van der Waals surface area (Å²) in [6.45, 7) is 1.82. The molecule has 1 fully saturated rings. The number of nitrogens with zero attached hydrogens (tertiary/aromatic N) is 1. The zero-order valence-electron chi connectivity index (χ0n) is 8.63. The Morgan fingerprint density at radius 2 is 2.31 bits per heavy atom. The van der Waals surface area contributed by atoms with Gasteiger partial charge >= 0.3 is 5.97 Å². The van der Waals surface area contributed by atoms with Crippen LogP contribution in [0.3, 0.4) is 0 Å². The predicted molar refractivity (Wildman–Crippen MR) is 59.7 cm³/mol. The van der Waals surface area contributed by atoms with Crippen LogP contribution in [0.1, 0.15) is 28.0 Å². The SMILES string of the molecule is CC1(c2ncc(C(=O)O)s2)CCS(=O)(=O)C1. The van der Waals surface area contributed by atoms with Crippen LogP contribution < -0.4 is 0 Å². The second-order valence-corrected chi connectivity index (χ2v) is 7.45. The van der Waals surface area contributed by atoms with Crippen molar-refractivity contribution in [2.75, 3.05) is 11.5 Å². The first-order chi connectivity index (χ1) is 7.32. The number of sulfone groups is 1. The molecule has 0 aliphatic carbocycles. The lowest BCUT2D eigenvalue weighted by atomic mass is 9.91. The van der Waals surface area contributed by atoms with Gasteiger partial charge in [-0.2, -0.15) is 0 Å². The highest BCUT2D eigenvalue weighted by Crippen LogP contribution is 2.37. The third-order valence-corrected chi connectivity index (χ3v) is 5.93. The smallest absolute Gasteiger partial charge is 0.347 e. The number of thiazole rings is 1. The Bertz CT molecular complexity index is 533. The summed E-state index contributed by atoms with van der Waals surface area (Å²) in [6.07, 6.45) is 1.81. The van der Waals surface area contributed by atoms with Gasteiger partial charge < -0.3 is 5.11 Å². The Morgan fingerprint density at radius 3 is 2.75 bits per heavy atom. The van der Waals surface area contributed by atoms with Crippen molar-refractivity contribution >= 4 is 27.1 Å². The van der Waals surface area contributed by atoms with Crippen molar-refractivity contribution in [1.82, 2.24) is 4.98 Å². The van der Waals surface area contributed by atoms with Gasteiger partial charge in [-0.1, -0.05) is 6.92 Å². The van der Waals surface area contributed by atoms with Gasteiger partial charge in [-0.25, -0.2) is 18.2 Å². The molecule has 0 bridgehead atoms. The Hall–Kier alpha value is -0.950. The van der Waals surface area contributed by atoms with Crippen LogP contribution in [0.2, 0.25) is 0 Å². The highest BCUT2D eigenvalue weighted by atomic mass is 32.2. The molecule has 0 spiro atoms. The van der Waals surface area contributed by atoms with Crippen molar-refractivity contribution in [2.45, 2.75) is 18.8 Å². The second kappa shape index (κ2) is 3.53. The minimum Gasteiger partial charge on any atom is -0.477 e. The molecule has 7 heteroatoms. The molecule has 1 N–H and O–H groups in total. The lowest BCUT2D eigenvalue weighted by Crippen LogP contribution is -2.22. The van der Waals surface area contributed by atoms with E-state index in [1.54, 1.807) is 0 Å². The molecule has 88 valence electrons. The van der Waals surface area contributed by atoms with E-state index in [4.69, 9.17) is 5.11 Å². The van der Waals surface area contributed by atoms with Crippen molar-refractivity contribution in [3.8, 4) is 0 Å². The maximum atomic E-state index is 11.4. The first-order valence-corrected chi connectivity index (χ1v) is 7.36. The van der Waals surface area contributed by atoms with E-state index in [0.717, 1.165) is 11.3 Å². The first kappa shape index (κ1) is 11.5. The van der Waals surface area contributed by atoms with Crippen molar-refractivity contribution in [3.63, 3.8) is 0 Å². The largest absolute Gasteiger partial charge is 0.477 e. The summed E-state index contributed by atoms with van der Waals surface area (Å²) in [5, 5.41) is 9.38. The number of aromatic nitrogens is 1. The molecule has 1 aromatic heterocycles. The molecule has 5 nitrogen and oxygen atoms in total. The summed E-state index contributed by atoms with van der Waals surface area (Å²) in [5.41, 5.74) is -0.517. The summed E-state index contributed by atoms with van der Waals surface area (Å²) in [5.74, 6) is -0.800. The zero-order valence-corrected chi connectivity index (χ0v) is 10.3. The molecule has 2 rings (SSSR count). The van der Waals surface area contributed by atoms with Crippen LogP contribution in [0.4, 0.5) is 0 Å². The van der Waals surface area contributed by atoms with E-state index in [1.807, 2.05) is 6.92 Å². The maximum absolute atomic E-state index is 11.4. The number of hydrogen-bond donors (Lipinski definition) is 1. The molecule has 0 aromatic carbocycles. The Balaban J connectivity index is 2.34. The number of carboxylic acids is 1. The molecule has 1 unspecified atom stereocenters. The van der Waals surface area contributed by atoms with Crippen molar-refractivity contribution in [1.29, 1.82) is 0 Å². The highest BCUT2D eigenvalue weighted by Gasteiger charge is 2.42. The van der Waals surface area contributed by atoms with Crippen LogP contribution >= 0.6 is 11.3 Å². The van der Waals surface area contributed by atoms with Gasteiger partial charge in [-0.15, -0.1) is 11.3 Å². The molecule has 16 heavy (non-hydrogen) atoms. The molecular weight excluding hydrogens is 250 g/mol. The van der Waals surface area contributed by atoms with E-state index in [9.17, 15) is 13.2 Å².